The zero-order valence-corrected chi connectivity index (χ0v) is 7.40. The van der Waals surface area contributed by atoms with Gasteiger partial charge in [0.2, 0.25) is 0 Å². The highest BCUT2D eigenvalue weighted by molar-refractivity contribution is 6.06. The smallest absolute Gasteiger partial charge is 0.267 e. The van der Waals surface area contributed by atoms with Gasteiger partial charge >= 0.3 is 0 Å². The van der Waals surface area contributed by atoms with Crippen molar-refractivity contribution in [1.82, 2.24) is 10.4 Å². The van der Waals surface area contributed by atoms with Gasteiger partial charge in [-0.05, 0) is 5.39 Å². The van der Waals surface area contributed by atoms with E-state index in [9.17, 15) is 4.79 Å². The number of aromatic nitrogens is 1. The summed E-state index contributed by atoms with van der Waals surface area (Å²) in [6.45, 7) is 0. The van der Waals surface area contributed by atoms with E-state index in [4.69, 9.17) is 5.84 Å². The van der Waals surface area contributed by atoms with E-state index in [2.05, 4.69) is 10.4 Å². The van der Waals surface area contributed by atoms with Gasteiger partial charge in [0.15, 0.2) is 0 Å². The van der Waals surface area contributed by atoms with Gasteiger partial charge in [0.25, 0.3) is 5.91 Å². The average molecular weight is 187 g/mol. The largest absolute Gasteiger partial charge is 0.290 e. The molecule has 1 heterocycles. The number of pyridine rings is 1. The van der Waals surface area contributed by atoms with Crippen LogP contribution in [0.4, 0.5) is 0 Å². The fourth-order valence-corrected chi connectivity index (χ4v) is 1.38. The van der Waals surface area contributed by atoms with Crippen molar-refractivity contribution in [2.24, 2.45) is 5.84 Å². The Morgan fingerprint density at radius 1 is 1.29 bits per heavy atom. The highest BCUT2D eigenvalue weighted by Crippen LogP contribution is 2.16. The Hall–Kier alpha value is -1.94. The zero-order chi connectivity index (χ0) is 9.97. The van der Waals surface area contributed by atoms with Crippen LogP contribution in [0.2, 0.25) is 0 Å². The molecule has 0 bridgehead atoms. The predicted octanol–water partition coefficient (Wildman–Crippen LogP) is 0.838. The summed E-state index contributed by atoms with van der Waals surface area (Å²) in [4.78, 5) is 15.3. The Kier molecular flexibility index (Phi) is 2.12. The van der Waals surface area contributed by atoms with E-state index in [1.807, 2.05) is 24.3 Å². The van der Waals surface area contributed by atoms with Crippen molar-refractivity contribution in [2.45, 2.75) is 0 Å². The van der Waals surface area contributed by atoms with Crippen LogP contribution in [0.5, 0.6) is 0 Å². The van der Waals surface area contributed by atoms with Gasteiger partial charge in [0.05, 0.1) is 5.56 Å². The van der Waals surface area contributed by atoms with E-state index >= 15 is 0 Å². The Morgan fingerprint density at radius 3 is 2.86 bits per heavy atom. The number of benzene rings is 1. The summed E-state index contributed by atoms with van der Waals surface area (Å²) in [6, 6.07) is 7.53. The SMILES string of the molecule is NNC(=O)c1cncc2ccccc12. The van der Waals surface area contributed by atoms with Gasteiger partial charge in [-0.1, -0.05) is 24.3 Å². The molecule has 4 heteroatoms. The molecule has 0 unspecified atom stereocenters. The van der Waals surface area contributed by atoms with E-state index in [0.717, 1.165) is 10.8 Å². The molecule has 3 N–H and O–H groups in total. The molecule has 2 rings (SSSR count). The number of amides is 1. The third kappa shape index (κ3) is 1.31. The van der Waals surface area contributed by atoms with E-state index in [-0.39, 0.29) is 5.91 Å². The number of hydrogen-bond donors (Lipinski definition) is 2. The molecule has 14 heavy (non-hydrogen) atoms. The minimum Gasteiger partial charge on any atom is -0.290 e. The van der Waals surface area contributed by atoms with Gasteiger partial charge in [-0.15, -0.1) is 0 Å². The zero-order valence-electron chi connectivity index (χ0n) is 7.40. The van der Waals surface area contributed by atoms with Crippen molar-refractivity contribution in [1.29, 1.82) is 0 Å². The molecule has 1 amide bonds. The van der Waals surface area contributed by atoms with E-state index in [1.165, 1.54) is 6.20 Å². The second-order valence-electron chi connectivity index (χ2n) is 2.88. The molecular weight excluding hydrogens is 178 g/mol. The topological polar surface area (TPSA) is 68.0 Å². The Bertz CT molecular complexity index is 476. The molecule has 1 aromatic heterocycles. The van der Waals surface area contributed by atoms with E-state index in [0.29, 0.717) is 5.56 Å². The molecule has 0 aliphatic rings. The van der Waals surface area contributed by atoms with Crippen molar-refractivity contribution in [3.05, 3.63) is 42.2 Å². The van der Waals surface area contributed by atoms with Crippen LogP contribution in [-0.4, -0.2) is 10.9 Å². The van der Waals surface area contributed by atoms with Gasteiger partial charge in [-0.25, -0.2) is 5.84 Å². The number of nitrogens with one attached hydrogen (secondary N) is 1. The second kappa shape index (κ2) is 3.43. The van der Waals surface area contributed by atoms with E-state index in [1.54, 1.807) is 6.20 Å². The molecule has 1 aromatic carbocycles. The number of nitrogens with two attached hydrogens (primary N) is 1. The lowest BCUT2D eigenvalue weighted by molar-refractivity contribution is 0.0955. The average Bonchev–Trinajstić information content (AvgIpc) is 2.27. The second-order valence-corrected chi connectivity index (χ2v) is 2.88. The number of nitrogens with zero attached hydrogens (tertiary/aromatic N) is 1. The summed E-state index contributed by atoms with van der Waals surface area (Å²) in [5.74, 6) is 4.74. The minimum absolute atomic E-state index is 0.325. The molecule has 2 aromatic rings. The summed E-state index contributed by atoms with van der Waals surface area (Å²) in [5.41, 5.74) is 2.59. The number of nitrogen functional groups attached to an aromatic ring is 1. The summed E-state index contributed by atoms with van der Waals surface area (Å²) in [6.07, 6.45) is 3.22. The van der Waals surface area contributed by atoms with Gasteiger partial charge in [-0.2, -0.15) is 0 Å². The number of carbonyl (C=O) groups excluding carboxylic acids is 1. The highest BCUT2D eigenvalue weighted by Gasteiger charge is 2.07. The maximum absolute atomic E-state index is 11.4. The van der Waals surface area contributed by atoms with Crippen LogP contribution in [0.25, 0.3) is 10.8 Å². The normalized spacial score (nSPS) is 10.1. The van der Waals surface area contributed by atoms with Crippen molar-refractivity contribution in [2.75, 3.05) is 0 Å². The first-order valence-electron chi connectivity index (χ1n) is 4.16. The minimum atomic E-state index is -0.325. The van der Waals surface area contributed by atoms with Crippen molar-refractivity contribution in [3.8, 4) is 0 Å². The van der Waals surface area contributed by atoms with Crippen LogP contribution in [0.1, 0.15) is 10.4 Å². The quantitative estimate of drug-likeness (QED) is 0.395. The highest BCUT2D eigenvalue weighted by atomic mass is 16.2. The molecule has 0 saturated carbocycles. The fraction of sp³-hybridized carbons (Fsp3) is 0. The number of carbonyl (C=O) groups is 1. The molecule has 0 aliphatic heterocycles. The number of hydrogen-bond acceptors (Lipinski definition) is 3. The molecule has 0 radical (unpaired) electrons. The molecular formula is C10H9N3O. The maximum Gasteiger partial charge on any atom is 0.267 e. The molecule has 0 atom stereocenters. The Balaban J connectivity index is 2.71. The maximum atomic E-state index is 11.4. The standard InChI is InChI=1S/C10H9N3O/c11-13-10(14)9-6-12-5-7-3-1-2-4-8(7)9/h1-6H,11H2,(H,13,14). The van der Waals surface area contributed by atoms with Crippen molar-refractivity contribution in [3.63, 3.8) is 0 Å². The van der Waals surface area contributed by atoms with Crippen LogP contribution in [0.3, 0.4) is 0 Å². The molecule has 0 spiro atoms. The molecule has 0 saturated heterocycles. The molecule has 4 nitrogen and oxygen atoms in total. The Labute approximate surface area is 80.7 Å². The predicted molar refractivity (Wildman–Crippen MR) is 53.4 cm³/mol. The first-order chi connectivity index (χ1) is 6.83. The summed E-state index contributed by atoms with van der Waals surface area (Å²) in [7, 11) is 0. The van der Waals surface area contributed by atoms with Gasteiger partial charge in [0, 0.05) is 17.8 Å². The number of hydrazine groups is 1. The third-order valence-corrected chi connectivity index (χ3v) is 2.04. The number of rotatable bonds is 1. The van der Waals surface area contributed by atoms with Gasteiger partial charge in [0.1, 0.15) is 0 Å². The van der Waals surface area contributed by atoms with Crippen LogP contribution in [0, 0.1) is 0 Å². The van der Waals surface area contributed by atoms with Crippen LogP contribution in [-0.2, 0) is 0 Å². The lowest BCUT2D eigenvalue weighted by Gasteiger charge is -2.03. The van der Waals surface area contributed by atoms with Crippen molar-refractivity contribution >= 4 is 16.7 Å². The van der Waals surface area contributed by atoms with E-state index < -0.39 is 0 Å². The lowest BCUT2D eigenvalue weighted by atomic mass is 10.1. The van der Waals surface area contributed by atoms with Crippen LogP contribution in [0.15, 0.2) is 36.7 Å². The summed E-state index contributed by atoms with van der Waals surface area (Å²) >= 11 is 0. The monoisotopic (exact) mass is 187 g/mol. The third-order valence-electron chi connectivity index (χ3n) is 2.04. The Morgan fingerprint density at radius 2 is 2.07 bits per heavy atom. The lowest BCUT2D eigenvalue weighted by Crippen LogP contribution is -2.30. The molecule has 0 aliphatic carbocycles. The summed E-state index contributed by atoms with van der Waals surface area (Å²) < 4.78 is 0. The first-order valence-corrected chi connectivity index (χ1v) is 4.16. The molecule has 70 valence electrons. The van der Waals surface area contributed by atoms with Crippen LogP contribution < -0.4 is 11.3 Å². The van der Waals surface area contributed by atoms with Crippen LogP contribution >= 0.6 is 0 Å². The van der Waals surface area contributed by atoms with Gasteiger partial charge < -0.3 is 0 Å². The fourth-order valence-electron chi connectivity index (χ4n) is 1.38. The van der Waals surface area contributed by atoms with Gasteiger partial charge in [-0.3, -0.25) is 15.2 Å². The summed E-state index contributed by atoms with van der Waals surface area (Å²) in [5, 5.41) is 1.78. The number of fused-ring (bicyclic) bond motifs is 1. The first kappa shape index (κ1) is 8.65. The molecule has 0 fully saturated rings. The van der Waals surface area contributed by atoms with Crippen molar-refractivity contribution < 1.29 is 4.79 Å².